The molecule has 1 atom stereocenters. The number of carbonyl (C=O) groups is 3. The predicted molar refractivity (Wildman–Crippen MR) is 134 cm³/mol. The Kier molecular flexibility index (Phi) is 8.34. The van der Waals surface area contributed by atoms with Crippen LogP contribution in [0.4, 0.5) is 4.39 Å². The van der Waals surface area contributed by atoms with Crippen molar-refractivity contribution in [3.8, 4) is 11.5 Å². The topological polar surface area (TPSA) is 96.4 Å². The summed E-state index contributed by atoms with van der Waals surface area (Å²) in [5.41, 5.74) is 1.66. The summed E-state index contributed by atoms with van der Waals surface area (Å²) in [7, 11) is 1.53. The van der Waals surface area contributed by atoms with Gasteiger partial charge in [0.05, 0.1) is 24.6 Å². The summed E-state index contributed by atoms with van der Waals surface area (Å²) >= 11 is 5.87. The molecule has 2 aliphatic rings. The summed E-state index contributed by atoms with van der Waals surface area (Å²) in [6, 6.07) is 10.1. The number of likely N-dealkylation sites (tertiary alicyclic amines) is 1. The first-order chi connectivity index (χ1) is 17.7. The van der Waals surface area contributed by atoms with Crippen molar-refractivity contribution in [1.82, 2.24) is 9.80 Å². The highest BCUT2D eigenvalue weighted by Crippen LogP contribution is 2.39. The van der Waals surface area contributed by atoms with Crippen molar-refractivity contribution in [3.05, 3.63) is 58.4 Å². The minimum Gasteiger partial charge on any atom is -0.493 e. The van der Waals surface area contributed by atoms with E-state index in [2.05, 4.69) is 4.90 Å². The van der Waals surface area contributed by atoms with E-state index in [9.17, 15) is 23.9 Å². The molecule has 1 saturated carbocycles. The van der Waals surface area contributed by atoms with Gasteiger partial charge in [0.15, 0.2) is 11.5 Å². The van der Waals surface area contributed by atoms with E-state index in [0.29, 0.717) is 30.9 Å². The molecule has 2 amide bonds. The van der Waals surface area contributed by atoms with Crippen LogP contribution in [0.3, 0.4) is 0 Å². The fourth-order valence-electron chi connectivity index (χ4n) is 4.87. The quantitative estimate of drug-likeness (QED) is 0.427. The Morgan fingerprint density at radius 2 is 1.86 bits per heavy atom. The molecule has 198 valence electrons. The average Bonchev–Trinajstić information content (AvgIpc) is 3.16. The lowest BCUT2D eigenvalue weighted by atomic mass is 9.78. The third-order valence-electron chi connectivity index (χ3n) is 7.18. The Hall–Kier alpha value is -3.17. The first kappa shape index (κ1) is 26.9. The largest absolute Gasteiger partial charge is 0.493 e. The molecule has 0 bridgehead atoms. The molecule has 2 fully saturated rings. The molecule has 0 spiro atoms. The first-order valence-electron chi connectivity index (χ1n) is 12.2. The van der Waals surface area contributed by atoms with Crippen molar-refractivity contribution in [1.29, 1.82) is 0 Å². The van der Waals surface area contributed by atoms with Crippen LogP contribution in [0.25, 0.3) is 0 Å². The van der Waals surface area contributed by atoms with Crippen LogP contribution in [0.5, 0.6) is 11.5 Å². The number of carbonyl (C=O) groups excluding carboxylic acids is 2. The van der Waals surface area contributed by atoms with Gasteiger partial charge in [0, 0.05) is 31.5 Å². The molecule has 1 N–H and O–H groups in total. The second-order valence-corrected chi connectivity index (χ2v) is 9.86. The number of aliphatic carboxylic acids is 1. The zero-order chi connectivity index (χ0) is 26.7. The Balaban J connectivity index is 1.48. The van der Waals surface area contributed by atoms with Gasteiger partial charge in [-0.2, -0.15) is 0 Å². The number of hydrogen-bond acceptors (Lipinski definition) is 6. The molecule has 37 heavy (non-hydrogen) atoms. The summed E-state index contributed by atoms with van der Waals surface area (Å²) in [6.07, 6.45) is 1.51. The number of nitrogens with zero attached hydrogens (tertiary/aromatic N) is 2. The summed E-state index contributed by atoms with van der Waals surface area (Å²) in [5.74, 6) is -1.08. The maximum atomic E-state index is 14.2. The molecule has 0 unspecified atom stereocenters. The summed E-state index contributed by atoms with van der Waals surface area (Å²) < 4.78 is 25.5. The van der Waals surface area contributed by atoms with Crippen LogP contribution < -0.4 is 9.47 Å². The highest BCUT2D eigenvalue weighted by molar-refractivity contribution is 6.30. The van der Waals surface area contributed by atoms with Crippen LogP contribution in [0.1, 0.15) is 49.8 Å². The molecule has 1 saturated heterocycles. The summed E-state index contributed by atoms with van der Waals surface area (Å²) in [6.45, 7) is 2.78. The van der Waals surface area contributed by atoms with Gasteiger partial charge in [-0.3, -0.25) is 24.2 Å². The van der Waals surface area contributed by atoms with E-state index in [-0.39, 0.29) is 60.8 Å². The van der Waals surface area contributed by atoms with E-state index in [1.165, 1.54) is 24.1 Å². The lowest BCUT2D eigenvalue weighted by Gasteiger charge is -2.44. The van der Waals surface area contributed by atoms with Crippen LogP contribution in [0, 0.1) is 11.7 Å². The Bertz CT molecular complexity index is 1170. The maximum absolute atomic E-state index is 14.2. The Labute approximate surface area is 219 Å². The number of carboxylic acid groups (broad SMARTS) is 1. The van der Waals surface area contributed by atoms with Crippen molar-refractivity contribution in [2.24, 2.45) is 5.92 Å². The van der Waals surface area contributed by atoms with Crippen molar-refractivity contribution >= 4 is 29.4 Å². The highest BCUT2D eigenvalue weighted by Gasteiger charge is 2.40. The molecule has 4 rings (SSSR count). The molecule has 2 aromatic carbocycles. The zero-order valence-corrected chi connectivity index (χ0v) is 21.5. The number of hydrogen-bond donors (Lipinski definition) is 1. The second kappa shape index (κ2) is 11.5. The van der Waals surface area contributed by atoms with Crippen LogP contribution in [-0.4, -0.2) is 59.0 Å². The molecule has 10 heteroatoms. The average molecular weight is 533 g/mol. The van der Waals surface area contributed by atoms with Crippen LogP contribution >= 0.6 is 11.6 Å². The van der Waals surface area contributed by atoms with Crippen molar-refractivity contribution in [2.75, 3.05) is 20.3 Å². The van der Waals surface area contributed by atoms with Gasteiger partial charge in [-0.15, -0.1) is 0 Å². The number of methoxy groups -OCH3 is 1. The fraction of sp³-hybridized carbons (Fsp3) is 0.444. The van der Waals surface area contributed by atoms with Crippen molar-refractivity contribution < 1.29 is 33.4 Å². The van der Waals surface area contributed by atoms with Crippen LogP contribution in [-0.2, 0) is 20.9 Å². The van der Waals surface area contributed by atoms with E-state index in [0.717, 1.165) is 11.1 Å². The normalized spacial score (nSPS) is 20.2. The summed E-state index contributed by atoms with van der Waals surface area (Å²) in [5, 5.41) is 9.41. The van der Waals surface area contributed by atoms with Crippen LogP contribution in [0.15, 0.2) is 36.4 Å². The minimum atomic E-state index is -0.804. The predicted octanol–water partition coefficient (Wildman–Crippen LogP) is 4.44. The van der Waals surface area contributed by atoms with E-state index in [1.54, 1.807) is 12.1 Å². The number of ether oxygens (including phenoxy) is 2. The molecule has 1 heterocycles. The number of benzene rings is 2. The van der Waals surface area contributed by atoms with Gasteiger partial charge >= 0.3 is 5.97 Å². The van der Waals surface area contributed by atoms with Gasteiger partial charge in [0.25, 0.3) is 0 Å². The minimum absolute atomic E-state index is 0.0206. The maximum Gasteiger partial charge on any atom is 0.306 e. The third kappa shape index (κ3) is 6.05. The molecule has 0 radical (unpaired) electrons. The van der Waals surface area contributed by atoms with Crippen LogP contribution in [0.2, 0.25) is 5.02 Å². The number of halogens is 2. The van der Waals surface area contributed by atoms with E-state index < -0.39 is 11.8 Å². The number of carboxylic acids is 1. The lowest BCUT2D eigenvalue weighted by molar-refractivity contribution is -0.147. The van der Waals surface area contributed by atoms with Gasteiger partial charge in [0.1, 0.15) is 12.4 Å². The van der Waals surface area contributed by atoms with Gasteiger partial charge in [-0.25, -0.2) is 4.39 Å². The Morgan fingerprint density at radius 3 is 2.49 bits per heavy atom. The van der Waals surface area contributed by atoms with E-state index in [4.69, 9.17) is 21.1 Å². The Morgan fingerprint density at radius 1 is 1.16 bits per heavy atom. The molecular weight excluding hydrogens is 503 g/mol. The molecule has 2 aromatic rings. The van der Waals surface area contributed by atoms with Gasteiger partial charge in [0.2, 0.25) is 11.8 Å². The molecule has 1 aliphatic heterocycles. The fourth-order valence-corrected chi connectivity index (χ4v) is 4.98. The molecule has 8 nitrogen and oxygen atoms in total. The first-order valence-corrected chi connectivity index (χ1v) is 12.6. The SMILES string of the molecule is COc1cc(CN([C@H]2C[C@@H](C(=O)O)C2)[C@H](C)c2ccc(Cl)c(F)c2)ccc1OCCN1C(=O)CCC1=O. The highest BCUT2D eigenvalue weighted by atomic mass is 35.5. The number of rotatable bonds is 11. The third-order valence-corrected chi connectivity index (χ3v) is 7.48. The van der Waals surface area contributed by atoms with Gasteiger partial charge < -0.3 is 14.6 Å². The molecular formula is C27H30ClFN2O6. The van der Waals surface area contributed by atoms with Crippen molar-refractivity contribution in [2.45, 2.75) is 51.2 Å². The van der Waals surface area contributed by atoms with Gasteiger partial charge in [-0.05, 0) is 55.2 Å². The molecule has 0 aromatic heterocycles. The second-order valence-electron chi connectivity index (χ2n) is 9.46. The van der Waals surface area contributed by atoms with E-state index in [1.807, 2.05) is 19.1 Å². The lowest BCUT2D eigenvalue weighted by Crippen LogP contribution is -2.47. The van der Waals surface area contributed by atoms with E-state index >= 15 is 0 Å². The van der Waals surface area contributed by atoms with Crippen molar-refractivity contribution in [3.63, 3.8) is 0 Å². The standard InChI is InChI=1S/C27H30ClFN2O6/c1-16(18-4-5-21(28)22(29)14-18)31(20-12-19(13-20)27(34)35)15-17-3-6-23(24(11-17)36-2)37-10-9-30-25(32)7-8-26(30)33/h3-6,11,14,16,19-20H,7-10,12-13,15H2,1-2H3,(H,34,35)/t16-,19-,20+/m1/s1. The number of amides is 2. The monoisotopic (exact) mass is 532 g/mol. The summed E-state index contributed by atoms with van der Waals surface area (Å²) in [4.78, 5) is 38.4. The zero-order valence-electron chi connectivity index (χ0n) is 20.8. The smallest absolute Gasteiger partial charge is 0.306 e. The molecule has 1 aliphatic carbocycles. The number of imide groups is 1. The van der Waals surface area contributed by atoms with Gasteiger partial charge in [-0.1, -0.05) is 23.7 Å².